The number of benzene rings is 2. The van der Waals surface area contributed by atoms with Crippen molar-refractivity contribution in [1.29, 1.82) is 0 Å². The Kier molecular flexibility index (Phi) is 7.46. The summed E-state index contributed by atoms with van der Waals surface area (Å²) in [6, 6.07) is 9.87. The lowest BCUT2D eigenvalue weighted by Gasteiger charge is -2.16. The Morgan fingerprint density at radius 3 is 2.42 bits per heavy atom. The van der Waals surface area contributed by atoms with Crippen molar-refractivity contribution in [2.24, 2.45) is 0 Å². The summed E-state index contributed by atoms with van der Waals surface area (Å²) in [5, 5.41) is 2.79. The zero-order valence-corrected chi connectivity index (χ0v) is 16.0. The third-order valence-corrected chi connectivity index (χ3v) is 3.52. The van der Waals surface area contributed by atoms with E-state index in [0.29, 0.717) is 28.3 Å². The highest BCUT2D eigenvalue weighted by Crippen LogP contribution is 2.28. The summed E-state index contributed by atoms with van der Waals surface area (Å²) in [6.45, 7) is 5.58. The number of amides is 1. The minimum absolute atomic E-state index is 0. The van der Waals surface area contributed by atoms with Gasteiger partial charge in [-0.3, -0.25) is 4.79 Å². The maximum absolute atomic E-state index is 12.6. The molecule has 2 rings (SSSR count). The lowest BCUT2D eigenvalue weighted by Crippen LogP contribution is -2.16. The minimum Gasteiger partial charge on any atom is -0.489 e. The number of nitrogen functional groups attached to an aromatic ring is 1. The fourth-order valence-corrected chi connectivity index (χ4v) is 2.30. The Hall–Kier alpha value is -2.73. The summed E-state index contributed by atoms with van der Waals surface area (Å²) in [7, 11) is 1.30. The van der Waals surface area contributed by atoms with Gasteiger partial charge in [-0.15, -0.1) is 12.4 Å². The van der Waals surface area contributed by atoms with Gasteiger partial charge in [0.15, 0.2) is 0 Å². The van der Waals surface area contributed by atoms with E-state index in [2.05, 4.69) is 5.32 Å². The van der Waals surface area contributed by atoms with E-state index in [4.69, 9.17) is 15.2 Å². The third kappa shape index (κ3) is 5.13. The van der Waals surface area contributed by atoms with Gasteiger partial charge in [-0.1, -0.05) is 6.07 Å². The number of methoxy groups -OCH3 is 1. The highest BCUT2D eigenvalue weighted by atomic mass is 35.5. The fourth-order valence-electron chi connectivity index (χ4n) is 2.30. The lowest BCUT2D eigenvalue weighted by molar-refractivity contribution is 0.0600. The van der Waals surface area contributed by atoms with Crippen LogP contribution in [0.25, 0.3) is 0 Å². The highest BCUT2D eigenvalue weighted by molar-refractivity contribution is 6.07. The number of nitrogens with one attached hydrogen (secondary N) is 1. The SMILES string of the molecule is COC(=O)c1ccc(OC(C)C)c(NC(=O)c2cc(N)ccc2C)c1.Cl. The number of ether oxygens (including phenoxy) is 2. The van der Waals surface area contributed by atoms with Crippen LogP contribution in [0.2, 0.25) is 0 Å². The van der Waals surface area contributed by atoms with E-state index in [0.717, 1.165) is 5.56 Å². The van der Waals surface area contributed by atoms with E-state index >= 15 is 0 Å². The summed E-state index contributed by atoms with van der Waals surface area (Å²) >= 11 is 0. The molecule has 2 aromatic rings. The molecule has 0 unspecified atom stereocenters. The molecule has 1 amide bonds. The molecule has 0 saturated heterocycles. The van der Waals surface area contributed by atoms with Crippen molar-refractivity contribution in [2.45, 2.75) is 26.9 Å². The molecule has 2 aromatic carbocycles. The second-order valence-electron chi connectivity index (χ2n) is 5.90. The predicted octanol–water partition coefficient (Wildman–Crippen LogP) is 3.83. The van der Waals surface area contributed by atoms with Crippen molar-refractivity contribution in [3.63, 3.8) is 0 Å². The number of hydrogen-bond donors (Lipinski definition) is 2. The quantitative estimate of drug-likeness (QED) is 0.609. The molecule has 0 heterocycles. The Balaban J connectivity index is 0.00000338. The molecule has 0 saturated carbocycles. The lowest BCUT2D eigenvalue weighted by atomic mass is 10.1. The van der Waals surface area contributed by atoms with Crippen molar-refractivity contribution >= 4 is 35.7 Å². The molecule has 26 heavy (non-hydrogen) atoms. The van der Waals surface area contributed by atoms with Crippen LogP contribution in [-0.4, -0.2) is 25.1 Å². The van der Waals surface area contributed by atoms with Gasteiger partial charge in [-0.2, -0.15) is 0 Å². The van der Waals surface area contributed by atoms with Gasteiger partial charge in [0.2, 0.25) is 0 Å². The van der Waals surface area contributed by atoms with Gasteiger partial charge < -0.3 is 20.5 Å². The predicted molar refractivity (Wildman–Crippen MR) is 104 cm³/mol. The Bertz CT molecular complexity index is 806. The number of nitrogens with two attached hydrogens (primary N) is 1. The van der Waals surface area contributed by atoms with E-state index in [9.17, 15) is 9.59 Å². The molecule has 0 atom stereocenters. The average molecular weight is 379 g/mol. The Morgan fingerprint density at radius 2 is 1.81 bits per heavy atom. The Labute approximate surface area is 159 Å². The number of anilines is 2. The van der Waals surface area contributed by atoms with Crippen LogP contribution in [-0.2, 0) is 4.74 Å². The molecule has 0 bridgehead atoms. The van der Waals surface area contributed by atoms with Crippen molar-refractivity contribution in [1.82, 2.24) is 0 Å². The number of rotatable bonds is 5. The van der Waals surface area contributed by atoms with Crippen LogP contribution in [0.15, 0.2) is 36.4 Å². The minimum atomic E-state index is -0.494. The normalized spacial score (nSPS) is 10.0. The number of esters is 1. The molecule has 6 nitrogen and oxygen atoms in total. The monoisotopic (exact) mass is 378 g/mol. The first-order valence-corrected chi connectivity index (χ1v) is 7.88. The van der Waals surface area contributed by atoms with E-state index in [-0.39, 0.29) is 24.4 Å². The van der Waals surface area contributed by atoms with Crippen molar-refractivity contribution in [3.8, 4) is 5.75 Å². The van der Waals surface area contributed by atoms with Crippen LogP contribution >= 0.6 is 12.4 Å². The van der Waals surface area contributed by atoms with Gasteiger partial charge >= 0.3 is 5.97 Å². The van der Waals surface area contributed by atoms with Crippen molar-refractivity contribution < 1.29 is 19.1 Å². The number of halogens is 1. The number of carbonyl (C=O) groups excluding carboxylic acids is 2. The second kappa shape index (κ2) is 9.10. The summed E-state index contributed by atoms with van der Waals surface area (Å²) in [4.78, 5) is 24.4. The first-order chi connectivity index (χ1) is 11.8. The fraction of sp³-hybridized carbons (Fsp3) is 0.263. The molecule has 0 aliphatic rings. The van der Waals surface area contributed by atoms with E-state index in [1.54, 1.807) is 30.3 Å². The molecule has 0 spiro atoms. The number of hydrogen-bond acceptors (Lipinski definition) is 5. The maximum Gasteiger partial charge on any atom is 0.337 e. The highest BCUT2D eigenvalue weighted by Gasteiger charge is 2.16. The number of aryl methyl sites for hydroxylation is 1. The van der Waals surface area contributed by atoms with Crippen LogP contribution in [0.3, 0.4) is 0 Å². The first-order valence-electron chi connectivity index (χ1n) is 7.88. The zero-order valence-electron chi connectivity index (χ0n) is 15.2. The van der Waals surface area contributed by atoms with Crippen molar-refractivity contribution in [3.05, 3.63) is 53.1 Å². The largest absolute Gasteiger partial charge is 0.489 e. The third-order valence-electron chi connectivity index (χ3n) is 3.52. The van der Waals surface area contributed by atoms with Gasteiger partial charge in [-0.05, 0) is 56.7 Å². The van der Waals surface area contributed by atoms with Gasteiger partial charge in [0.1, 0.15) is 5.75 Å². The van der Waals surface area contributed by atoms with Crippen LogP contribution in [0.5, 0.6) is 5.75 Å². The topological polar surface area (TPSA) is 90.6 Å². The average Bonchev–Trinajstić information content (AvgIpc) is 2.57. The summed E-state index contributed by atoms with van der Waals surface area (Å²) in [5.41, 5.74) is 8.23. The zero-order chi connectivity index (χ0) is 18.6. The molecule has 7 heteroatoms. The first kappa shape index (κ1) is 21.3. The molecule has 0 aliphatic carbocycles. The molecular weight excluding hydrogens is 356 g/mol. The summed E-state index contributed by atoms with van der Waals surface area (Å²) in [6.07, 6.45) is -0.0891. The van der Waals surface area contributed by atoms with Crippen LogP contribution < -0.4 is 15.8 Å². The second-order valence-corrected chi connectivity index (χ2v) is 5.90. The summed E-state index contributed by atoms with van der Waals surface area (Å²) < 4.78 is 10.4. The van der Waals surface area contributed by atoms with E-state index in [1.807, 2.05) is 20.8 Å². The van der Waals surface area contributed by atoms with Crippen LogP contribution in [0, 0.1) is 6.92 Å². The summed E-state index contributed by atoms with van der Waals surface area (Å²) in [5.74, 6) is -0.357. The van der Waals surface area contributed by atoms with Gasteiger partial charge in [0.25, 0.3) is 5.91 Å². The van der Waals surface area contributed by atoms with Gasteiger partial charge in [-0.25, -0.2) is 4.79 Å². The molecule has 0 aromatic heterocycles. The molecule has 140 valence electrons. The van der Waals surface area contributed by atoms with Crippen molar-refractivity contribution in [2.75, 3.05) is 18.2 Å². The molecule has 0 aliphatic heterocycles. The molecule has 3 N–H and O–H groups in total. The Morgan fingerprint density at radius 1 is 1.12 bits per heavy atom. The smallest absolute Gasteiger partial charge is 0.337 e. The van der Waals surface area contributed by atoms with Gasteiger partial charge in [0.05, 0.1) is 24.5 Å². The molecule has 0 radical (unpaired) electrons. The van der Waals surface area contributed by atoms with Gasteiger partial charge in [0, 0.05) is 11.3 Å². The van der Waals surface area contributed by atoms with Crippen LogP contribution in [0.1, 0.15) is 40.1 Å². The van der Waals surface area contributed by atoms with Crippen LogP contribution in [0.4, 0.5) is 11.4 Å². The maximum atomic E-state index is 12.6. The van der Waals surface area contributed by atoms with E-state index in [1.165, 1.54) is 13.2 Å². The molecular formula is C19H23ClN2O4. The van der Waals surface area contributed by atoms with E-state index < -0.39 is 5.97 Å². The molecule has 0 fully saturated rings. The number of carbonyl (C=O) groups is 2. The standard InChI is InChI=1S/C19H22N2O4.ClH/c1-11(2)25-17-8-6-13(19(23)24-4)9-16(17)21-18(22)15-10-14(20)7-5-12(15)3;/h5-11H,20H2,1-4H3,(H,21,22);1H.